The third-order valence-electron chi connectivity index (χ3n) is 6.17. The number of carbonyl (C=O) groups excluding carboxylic acids is 2. The van der Waals surface area contributed by atoms with Crippen molar-refractivity contribution in [2.24, 2.45) is 0 Å². The monoisotopic (exact) mass is 434 g/mol. The Morgan fingerprint density at radius 2 is 1.59 bits per heavy atom. The lowest BCUT2D eigenvalue weighted by atomic mass is 9.99. The van der Waals surface area contributed by atoms with E-state index >= 15 is 0 Å². The van der Waals surface area contributed by atoms with E-state index in [1.807, 2.05) is 69.9 Å². The standard InChI is InChI=1S/C26H30N2O4/c1-15-7-10-22(31-6)21(11-15)28-25(29)23(20-9-8-16(2)17(3)12-20)24(26(28)30)27-13-18(4)32-19(5)14-27/h7-12,18-19H,13-14H2,1-6H3. The lowest BCUT2D eigenvalue weighted by Gasteiger charge is -2.37. The molecule has 6 heteroatoms. The van der Waals surface area contributed by atoms with Crippen molar-refractivity contribution in [1.29, 1.82) is 0 Å². The molecule has 2 aliphatic rings. The highest BCUT2D eigenvalue weighted by molar-refractivity contribution is 6.45. The van der Waals surface area contributed by atoms with Gasteiger partial charge in [-0.3, -0.25) is 9.59 Å². The van der Waals surface area contributed by atoms with Gasteiger partial charge >= 0.3 is 0 Å². The zero-order valence-electron chi connectivity index (χ0n) is 19.6. The van der Waals surface area contributed by atoms with E-state index in [2.05, 4.69) is 0 Å². The minimum Gasteiger partial charge on any atom is -0.495 e. The van der Waals surface area contributed by atoms with E-state index in [-0.39, 0.29) is 24.0 Å². The first kappa shape index (κ1) is 22.1. The van der Waals surface area contributed by atoms with Gasteiger partial charge in [-0.25, -0.2) is 4.90 Å². The second-order valence-electron chi connectivity index (χ2n) is 8.81. The summed E-state index contributed by atoms with van der Waals surface area (Å²) >= 11 is 0. The Bertz CT molecular complexity index is 1110. The maximum Gasteiger partial charge on any atom is 0.282 e. The molecule has 1 fully saturated rings. The van der Waals surface area contributed by atoms with Crippen LogP contribution >= 0.6 is 0 Å². The number of imide groups is 1. The number of morpholine rings is 1. The lowest BCUT2D eigenvalue weighted by molar-refractivity contribution is -0.121. The molecule has 168 valence electrons. The summed E-state index contributed by atoms with van der Waals surface area (Å²) in [5.74, 6) is -0.168. The fraction of sp³-hybridized carbons (Fsp3) is 0.385. The number of carbonyl (C=O) groups is 2. The first-order valence-corrected chi connectivity index (χ1v) is 11.0. The van der Waals surface area contributed by atoms with Gasteiger partial charge in [0.15, 0.2) is 0 Å². The summed E-state index contributed by atoms with van der Waals surface area (Å²) in [5, 5.41) is 0. The number of benzene rings is 2. The molecular formula is C26H30N2O4. The summed E-state index contributed by atoms with van der Waals surface area (Å²) < 4.78 is 11.4. The molecule has 1 saturated heterocycles. The molecule has 2 atom stereocenters. The molecule has 0 aliphatic carbocycles. The first-order valence-electron chi connectivity index (χ1n) is 11.0. The average Bonchev–Trinajstić information content (AvgIpc) is 2.99. The predicted molar refractivity (Wildman–Crippen MR) is 125 cm³/mol. The molecular weight excluding hydrogens is 404 g/mol. The van der Waals surface area contributed by atoms with Crippen molar-refractivity contribution in [1.82, 2.24) is 4.90 Å². The molecule has 2 aromatic rings. The molecule has 0 radical (unpaired) electrons. The van der Waals surface area contributed by atoms with Crippen LogP contribution in [0, 0.1) is 20.8 Å². The first-order chi connectivity index (χ1) is 15.2. The van der Waals surface area contributed by atoms with E-state index < -0.39 is 0 Å². The zero-order valence-corrected chi connectivity index (χ0v) is 19.6. The Hall–Kier alpha value is -3.12. The highest BCUT2D eigenvalue weighted by atomic mass is 16.5. The quantitative estimate of drug-likeness (QED) is 0.681. The van der Waals surface area contributed by atoms with E-state index in [1.54, 1.807) is 13.2 Å². The van der Waals surface area contributed by atoms with Gasteiger partial charge in [0.1, 0.15) is 11.4 Å². The van der Waals surface area contributed by atoms with Gasteiger partial charge in [0.25, 0.3) is 11.8 Å². The third-order valence-corrected chi connectivity index (χ3v) is 6.17. The number of rotatable bonds is 4. The number of nitrogens with zero attached hydrogens (tertiary/aromatic N) is 2. The Labute approximate surface area is 189 Å². The van der Waals surface area contributed by atoms with Gasteiger partial charge in [-0.2, -0.15) is 0 Å². The van der Waals surface area contributed by atoms with Crippen LogP contribution in [0.2, 0.25) is 0 Å². The summed E-state index contributed by atoms with van der Waals surface area (Å²) in [6.45, 7) is 11.0. The van der Waals surface area contributed by atoms with E-state index in [0.29, 0.717) is 35.8 Å². The van der Waals surface area contributed by atoms with E-state index in [0.717, 1.165) is 22.3 Å². The van der Waals surface area contributed by atoms with Gasteiger partial charge in [-0.1, -0.05) is 24.3 Å². The maximum absolute atomic E-state index is 13.9. The molecule has 0 bridgehead atoms. The lowest BCUT2D eigenvalue weighted by Crippen LogP contribution is -2.47. The summed E-state index contributed by atoms with van der Waals surface area (Å²) in [4.78, 5) is 31.0. The van der Waals surface area contributed by atoms with Crippen molar-refractivity contribution in [3.63, 3.8) is 0 Å². The molecule has 32 heavy (non-hydrogen) atoms. The molecule has 0 spiro atoms. The molecule has 2 aromatic carbocycles. The number of aryl methyl sites for hydroxylation is 3. The Morgan fingerprint density at radius 1 is 0.906 bits per heavy atom. The van der Waals surface area contributed by atoms with Gasteiger partial charge in [-0.15, -0.1) is 0 Å². The smallest absolute Gasteiger partial charge is 0.282 e. The number of hydrogen-bond acceptors (Lipinski definition) is 5. The van der Waals surface area contributed by atoms with E-state index in [4.69, 9.17) is 9.47 Å². The summed E-state index contributed by atoms with van der Waals surface area (Å²) in [6.07, 6.45) is -0.0876. The fourth-order valence-corrected chi connectivity index (χ4v) is 4.52. The minimum atomic E-state index is -0.330. The van der Waals surface area contributed by atoms with Gasteiger partial charge in [-0.05, 0) is 69.0 Å². The number of amides is 2. The maximum atomic E-state index is 13.9. The van der Waals surface area contributed by atoms with Crippen molar-refractivity contribution in [2.75, 3.05) is 25.1 Å². The highest BCUT2D eigenvalue weighted by Crippen LogP contribution is 2.40. The number of methoxy groups -OCH3 is 1. The van der Waals surface area contributed by atoms with Crippen molar-refractivity contribution < 1.29 is 19.1 Å². The van der Waals surface area contributed by atoms with Crippen molar-refractivity contribution in [2.45, 2.75) is 46.8 Å². The van der Waals surface area contributed by atoms with Crippen LogP contribution in [0.1, 0.15) is 36.1 Å². The molecule has 2 amide bonds. The average molecular weight is 435 g/mol. The van der Waals surface area contributed by atoms with Gasteiger partial charge in [0.2, 0.25) is 0 Å². The Morgan fingerprint density at radius 3 is 2.22 bits per heavy atom. The van der Waals surface area contributed by atoms with Crippen LogP contribution < -0.4 is 9.64 Å². The number of ether oxygens (including phenoxy) is 2. The van der Waals surface area contributed by atoms with Crippen LogP contribution in [-0.2, 0) is 14.3 Å². The Balaban J connectivity index is 1.89. The number of hydrogen-bond donors (Lipinski definition) is 0. The van der Waals surface area contributed by atoms with E-state index in [9.17, 15) is 9.59 Å². The van der Waals surface area contributed by atoms with Crippen LogP contribution in [0.4, 0.5) is 5.69 Å². The van der Waals surface area contributed by atoms with Gasteiger partial charge in [0, 0.05) is 13.1 Å². The fourth-order valence-electron chi connectivity index (χ4n) is 4.52. The Kier molecular flexibility index (Phi) is 5.82. The molecule has 2 heterocycles. The van der Waals surface area contributed by atoms with Crippen LogP contribution in [0.25, 0.3) is 5.57 Å². The largest absolute Gasteiger partial charge is 0.495 e. The molecule has 0 saturated carbocycles. The second-order valence-corrected chi connectivity index (χ2v) is 8.81. The third kappa shape index (κ3) is 3.79. The SMILES string of the molecule is COc1ccc(C)cc1N1C(=O)C(c2ccc(C)c(C)c2)=C(N2CC(C)OC(C)C2)C1=O. The summed E-state index contributed by atoms with van der Waals surface area (Å²) in [7, 11) is 1.54. The van der Waals surface area contributed by atoms with Crippen LogP contribution in [0.5, 0.6) is 5.75 Å². The molecule has 6 nitrogen and oxygen atoms in total. The predicted octanol–water partition coefficient (Wildman–Crippen LogP) is 4.01. The van der Waals surface area contributed by atoms with Gasteiger partial charge < -0.3 is 14.4 Å². The van der Waals surface area contributed by atoms with Crippen molar-refractivity contribution >= 4 is 23.1 Å². The molecule has 4 rings (SSSR count). The van der Waals surface area contributed by atoms with Crippen LogP contribution in [0.3, 0.4) is 0 Å². The molecule has 2 unspecified atom stereocenters. The molecule has 0 N–H and O–H groups in total. The van der Waals surface area contributed by atoms with Crippen molar-refractivity contribution in [3.8, 4) is 5.75 Å². The van der Waals surface area contributed by atoms with Gasteiger partial charge in [0.05, 0.1) is 30.6 Å². The van der Waals surface area contributed by atoms with Crippen molar-refractivity contribution in [3.05, 3.63) is 64.3 Å². The van der Waals surface area contributed by atoms with Crippen LogP contribution in [0.15, 0.2) is 42.1 Å². The zero-order chi connectivity index (χ0) is 23.2. The minimum absolute atomic E-state index is 0.0438. The topological polar surface area (TPSA) is 59.1 Å². The summed E-state index contributed by atoms with van der Waals surface area (Å²) in [5.41, 5.74) is 5.24. The molecule has 2 aliphatic heterocycles. The number of anilines is 1. The molecule has 0 aromatic heterocycles. The summed E-state index contributed by atoms with van der Waals surface area (Å²) in [6, 6.07) is 11.4. The normalized spacial score (nSPS) is 21.6. The highest BCUT2D eigenvalue weighted by Gasteiger charge is 2.44. The van der Waals surface area contributed by atoms with E-state index in [1.165, 1.54) is 4.90 Å². The second kappa shape index (κ2) is 8.43. The van der Waals surface area contributed by atoms with Crippen LogP contribution in [-0.4, -0.2) is 49.1 Å².